The molecule has 3 rings (SSSR count). The molecule has 1 aliphatic heterocycles. The van der Waals surface area contributed by atoms with Gasteiger partial charge in [0, 0.05) is 0 Å². The number of fused-ring (bicyclic) bond motifs is 1. The largest absolute Gasteiger partial charge is 0.486 e. The molecule has 0 radical (unpaired) electrons. The molecular weight excluding hydrogens is 322 g/mol. The summed E-state index contributed by atoms with van der Waals surface area (Å²) in [6.07, 6.45) is 0. The second-order valence-electron chi connectivity index (χ2n) is 4.54. The molecule has 0 saturated heterocycles. The van der Waals surface area contributed by atoms with Crippen molar-refractivity contribution in [2.45, 2.75) is 13.0 Å². The number of halogens is 1. The second kappa shape index (κ2) is 5.89. The standard InChI is InChI=1S/C15H16BrNO3/c1-2-17-15(12-5-6-14(16)20-12)10-3-4-11-13(9-10)19-8-7-18-11/h3-6,9,15,17H,2,7-8H2,1H3. The first-order valence-corrected chi connectivity index (χ1v) is 7.45. The molecule has 0 aliphatic carbocycles. The van der Waals surface area contributed by atoms with Gasteiger partial charge in [-0.3, -0.25) is 0 Å². The fourth-order valence-electron chi connectivity index (χ4n) is 2.31. The van der Waals surface area contributed by atoms with Crippen LogP contribution >= 0.6 is 15.9 Å². The third kappa shape index (κ3) is 2.69. The lowest BCUT2D eigenvalue weighted by Gasteiger charge is -2.21. The van der Waals surface area contributed by atoms with Crippen molar-refractivity contribution < 1.29 is 13.9 Å². The van der Waals surface area contributed by atoms with Gasteiger partial charge in [-0.05, 0) is 52.3 Å². The Bertz CT molecular complexity index is 597. The molecule has 5 heteroatoms. The second-order valence-corrected chi connectivity index (χ2v) is 5.32. The third-order valence-corrected chi connectivity index (χ3v) is 3.61. The van der Waals surface area contributed by atoms with E-state index in [1.54, 1.807) is 0 Å². The Kier molecular flexibility index (Phi) is 3.98. The Morgan fingerprint density at radius 3 is 2.65 bits per heavy atom. The van der Waals surface area contributed by atoms with E-state index in [-0.39, 0.29) is 6.04 Å². The van der Waals surface area contributed by atoms with Gasteiger partial charge >= 0.3 is 0 Å². The van der Waals surface area contributed by atoms with E-state index < -0.39 is 0 Å². The predicted octanol–water partition coefficient (Wildman–Crippen LogP) is 3.51. The molecular formula is C15H16BrNO3. The van der Waals surface area contributed by atoms with Gasteiger partial charge in [0.1, 0.15) is 19.0 Å². The summed E-state index contributed by atoms with van der Waals surface area (Å²) in [6, 6.07) is 9.87. The minimum absolute atomic E-state index is 0.00197. The highest BCUT2D eigenvalue weighted by atomic mass is 79.9. The van der Waals surface area contributed by atoms with E-state index in [9.17, 15) is 0 Å². The van der Waals surface area contributed by atoms with E-state index in [4.69, 9.17) is 13.9 Å². The molecule has 2 aromatic rings. The Hall–Kier alpha value is -1.46. The Balaban J connectivity index is 1.95. The van der Waals surface area contributed by atoms with Crippen LogP contribution in [0.5, 0.6) is 11.5 Å². The van der Waals surface area contributed by atoms with E-state index in [0.29, 0.717) is 13.2 Å². The van der Waals surface area contributed by atoms with E-state index in [1.807, 2.05) is 30.3 Å². The first kappa shape index (κ1) is 13.5. The third-order valence-electron chi connectivity index (χ3n) is 3.19. The number of ether oxygens (including phenoxy) is 2. The topological polar surface area (TPSA) is 43.6 Å². The van der Waals surface area contributed by atoms with Crippen molar-refractivity contribution in [1.82, 2.24) is 5.32 Å². The zero-order valence-electron chi connectivity index (χ0n) is 11.2. The first-order chi connectivity index (χ1) is 9.78. The van der Waals surface area contributed by atoms with E-state index in [0.717, 1.165) is 34.0 Å². The maximum absolute atomic E-state index is 5.68. The van der Waals surface area contributed by atoms with Crippen molar-refractivity contribution in [3.05, 3.63) is 46.3 Å². The lowest BCUT2D eigenvalue weighted by atomic mass is 10.0. The summed E-state index contributed by atoms with van der Waals surface area (Å²) in [5.74, 6) is 2.47. The van der Waals surface area contributed by atoms with Crippen LogP contribution in [-0.2, 0) is 0 Å². The van der Waals surface area contributed by atoms with Crippen molar-refractivity contribution in [3.8, 4) is 11.5 Å². The molecule has 4 nitrogen and oxygen atoms in total. The maximum atomic E-state index is 5.68. The zero-order chi connectivity index (χ0) is 13.9. The quantitative estimate of drug-likeness (QED) is 0.927. The van der Waals surface area contributed by atoms with E-state index in [2.05, 4.69) is 28.2 Å². The fraction of sp³-hybridized carbons (Fsp3) is 0.333. The lowest BCUT2D eigenvalue weighted by molar-refractivity contribution is 0.171. The van der Waals surface area contributed by atoms with Gasteiger partial charge in [-0.15, -0.1) is 0 Å². The predicted molar refractivity (Wildman–Crippen MR) is 79.4 cm³/mol. The molecule has 1 aromatic heterocycles. The van der Waals surface area contributed by atoms with Crippen molar-refractivity contribution in [2.24, 2.45) is 0 Å². The molecule has 0 bridgehead atoms. The van der Waals surface area contributed by atoms with Gasteiger partial charge in [0.15, 0.2) is 16.2 Å². The molecule has 0 amide bonds. The molecule has 0 spiro atoms. The highest BCUT2D eigenvalue weighted by Gasteiger charge is 2.20. The number of furan rings is 1. The van der Waals surface area contributed by atoms with Crippen LogP contribution in [0.4, 0.5) is 0 Å². The molecule has 0 fully saturated rings. The molecule has 1 unspecified atom stereocenters. The maximum Gasteiger partial charge on any atom is 0.169 e. The number of hydrogen-bond acceptors (Lipinski definition) is 4. The van der Waals surface area contributed by atoms with Gasteiger partial charge in [-0.25, -0.2) is 0 Å². The van der Waals surface area contributed by atoms with Gasteiger partial charge in [0.2, 0.25) is 0 Å². The molecule has 0 saturated carbocycles. The average Bonchev–Trinajstić information content (AvgIpc) is 2.90. The van der Waals surface area contributed by atoms with Crippen LogP contribution in [0.1, 0.15) is 24.3 Å². The molecule has 1 aromatic carbocycles. The van der Waals surface area contributed by atoms with Crippen LogP contribution in [0, 0.1) is 0 Å². The number of hydrogen-bond donors (Lipinski definition) is 1. The minimum Gasteiger partial charge on any atom is -0.486 e. The van der Waals surface area contributed by atoms with Crippen LogP contribution in [0.15, 0.2) is 39.4 Å². The summed E-state index contributed by atoms with van der Waals surface area (Å²) in [4.78, 5) is 0. The number of benzene rings is 1. The Morgan fingerprint density at radius 2 is 1.95 bits per heavy atom. The van der Waals surface area contributed by atoms with Gasteiger partial charge in [-0.2, -0.15) is 0 Å². The van der Waals surface area contributed by atoms with Gasteiger partial charge in [0.05, 0.1) is 6.04 Å². The zero-order valence-corrected chi connectivity index (χ0v) is 12.8. The fourth-order valence-corrected chi connectivity index (χ4v) is 2.63. The normalized spacial score (nSPS) is 15.1. The molecule has 2 heterocycles. The van der Waals surface area contributed by atoms with Crippen LogP contribution < -0.4 is 14.8 Å². The lowest BCUT2D eigenvalue weighted by Crippen LogP contribution is -2.22. The smallest absolute Gasteiger partial charge is 0.169 e. The van der Waals surface area contributed by atoms with Gasteiger partial charge in [0.25, 0.3) is 0 Å². The Labute approximate surface area is 126 Å². The van der Waals surface area contributed by atoms with Crippen LogP contribution in [0.2, 0.25) is 0 Å². The molecule has 1 atom stereocenters. The van der Waals surface area contributed by atoms with Crippen molar-refractivity contribution in [1.29, 1.82) is 0 Å². The molecule has 1 aliphatic rings. The van der Waals surface area contributed by atoms with Crippen LogP contribution in [0.3, 0.4) is 0 Å². The van der Waals surface area contributed by atoms with Crippen molar-refractivity contribution >= 4 is 15.9 Å². The van der Waals surface area contributed by atoms with Crippen molar-refractivity contribution in [2.75, 3.05) is 19.8 Å². The number of rotatable bonds is 4. The summed E-state index contributed by atoms with van der Waals surface area (Å²) < 4.78 is 17.6. The highest BCUT2D eigenvalue weighted by Crippen LogP contribution is 2.35. The number of nitrogens with one attached hydrogen (secondary N) is 1. The average molecular weight is 338 g/mol. The van der Waals surface area contributed by atoms with Crippen LogP contribution in [-0.4, -0.2) is 19.8 Å². The molecule has 20 heavy (non-hydrogen) atoms. The summed E-state index contributed by atoms with van der Waals surface area (Å²) in [6.45, 7) is 4.11. The van der Waals surface area contributed by atoms with E-state index in [1.165, 1.54) is 0 Å². The Morgan fingerprint density at radius 1 is 1.15 bits per heavy atom. The first-order valence-electron chi connectivity index (χ1n) is 6.66. The minimum atomic E-state index is 0.00197. The molecule has 1 N–H and O–H groups in total. The monoisotopic (exact) mass is 337 g/mol. The van der Waals surface area contributed by atoms with Gasteiger partial charge in [-0.1, -0.05) is 13.0 Å². The summed E-state index contributed by atoms with van der Waals surface area (Å²) >= 11 is 3.35. The summed E-state index contributed by atoms with van der Waals surface area (Å²) in [7, 11) is 0. The van der Waals surface area contributed by atoms with Crippen molar-refractivity contribution in [3.63, 3.8) is 0 Å². The molecule has 106 valence electrons. The summed E-state index contributed by atoms with van der Waals surface area (Å²) in [5, 5.41) is 3.42. The van der Waals surface area contributed by atoms with E-state index >= 15 is 0 Å². The van der Waals surface area contributed by atoms with Gasteiger partial charge < -0.3 is 19.2 Å². The summed E-state index contributed by atoms with van der Waals surface area (Å²) in [5.41, 5.74) is 1.10. The SMILES string of the molecule is CCNC(c1ccc2c(c1)OCCO2)c1ccc(Br)o1. The highest BCUT2D eigenvalue weighted by molar-refractivity contribution is 9.10. The van der Waals surface area contributed by atoms with Crippen LogP contribution in [0.25, 0.3) is 0 Å².